The Hall–Kier alpha value is -3.39. The first kappa shape index (κ1) is 22.3. The Morgan fingerprint density at radius 3 is 2.32 bits per heavy atom. The van der Waals surface area contributed by atoms with Crippen LogP contribution in [0.5, 0.6) is 5.75 Å². The van der Waals surface area contributed by atoms with Gasteiger partial charge in [0.1, 0.15) is 11.6 Å². The molecule has 3 rings (SSSR count). The van der Waals surface area contributed by atoms with Gasteiger partial charge in [-0.25, -0.2) is 12.8 Å². The second-order valence-electron chi connectivity index (χ2n) is 7.13. The molecule has 0 heterocycles. The quantitative estimate of drug-likeness (QED) is 0.543. The molecule has 1 amide bonds. The van der Waals surface area contributed by atoms with Crippen LogP contribution in [0.25, 0.3) is 0 Å². The number of ether oxygens (including phenoxy) is 1. The maximum absolute atomic E-state index is 13.0. The van der Waals surface area contributed by atoms with E-state index in [1.54, 1.807) is 0 Å². The number of rotatable bonds is 8. The van der Waals surface area contributed by atoms with Crippen molar-refractivity contribution in [3.63, 3.8) is 0 Å². The van der Waals surface area contributed by atoms with Gasteiger partial charge in [-0.15, -0.1) is 0 Å². The van der Waals surface area contributed by atoms with Gasteiger partial charge in [-0.1, -0.05) is 18.2 Å². The Balaban J connectivity index is 1.66. The highest BCUT2D eigenvalue weighted by Gasteiger charge is 2.16. The molecule has 0 bridgehead atoms. The van der Waals surface area contributed by atoms with Gasteiger partial charge in [0.25, 0.3) is 15.9 Å². The van der Waals surface area contributed by atoms with Gasteiger partial charge in [-0.2, -0.15) is 0 Å². The molecule has 0 aliphatic carbocycles. The Morgan fingerprint density at radius 1 is 1.00 bits per heavy atom. The number of carbonyl (C=O) groups excluding carboxylic acids is 1. The van der Waals surface area contributed by atoms with Crippen molar-refractivity contribution in [1.29, 1.82) is 0 Å². The average Bonchev–Trinajstić information content (AvgIpc) is 2.74. The van der Waals surface area contributed by atoms with Crippen LogP contribution in [0.15, 0.2) is 77.7 Å². The van der Waals surface area contributed by atoms with E-state index >= 15 is 0 Å². The van der Waals surface area contributed by atoms with Crippen LogP contribution in [0.2, 0.25) is 0 Å². The summed E-state index contributed by atoms with van der Waals surface area (Å²) in [7, 11) is -3.93. The van der Waals surface area contributed by atoms with E-state index in [0.29, 0.717) is 0 Å². The van der Waals surface area contributed by atoms with E-state index < -0.39 is 21.7 Å². The number of anilines is 1. The van der Waals surface area contributed by atoms with Gasteiger partial charge in [0.2, 0.25) is 0 Å². The van der Waals surface area contributed by atoms with Crippen LogP contribution in [0, 0.1) is 5.82 Å². The molecule has 3 aromatic rings. The fraction of sp³-hybridized carbons (Fsp3) is 0.174. The zero-order valence-corrected chi connectivity index (χ0v) is 17.9. The van der Waals surface area contributed by atoms with E-state index in [-0.39, 0.29) is 28.8 Å². The fourth-order valence-electron chi connectivity index (χ4n) is 2.78. The van der Waals surface area contributed by atoms with Crippen molar-refractivity contribution in [2.24, 2.45) is 0 Å². The highest BCUT2D eigenvalue weighted by molar-refractivity contribution is 7.92. The number of hydrogen-bond acceptors (Lipinski definition) is 4. The molecule has 3 aromatic carbocycles. The zero-order valence-electron chi connectivity index (χ0n) is 17.1. The molecule has 0 unspecified atom stereocenters. The van der Waals surface area contributed by atoms with Crippen LogP contribution in [-0.2, 0) is 16.6 Å². The maximum atomic E-state index is 13.0. The third-order valence-corrected chi connectivity index (χ3v) is 5.63. The number of amides is 1. The molecule has 0 fully saturated rings. The highest BCUT2D eigenvalue weighted by atomic mass is 32.2. The minimum absolute atomic E-state index is 0.0698. The normalized spacial score (nSPS) is 11.2. The first-order valence-corrected chi connectivity index (χ1v) is 11.1. The lowest BCUT2D eigenvalue weighted by Gasteiger charge is -2.11. The summed E-state index contributed by atoms with van der Waals surface area (Å²) >= 11 is 0. The predicted octanol–water partition coefficient (Wildman–Crippen LogP) is 4.34. The topological polar surface area (TPSA) is 84.5 Å². The van der Waals surface area contributed by atoms with Crippen LogP contribution in [0.4, 0.5) is 10.1 Å². The Bertz CT molecular complexity index is 1140. The standard InChI is InChI=1S/C23H23FN2O4S/c1-16(2)30-21-12-6-17(7-13-21)15-25-23(27)18-4-3-5-22(14-18)31(28,29)26-20-10-8-19(24)9-11-20/h3-14,16,26H,15H2,1-2H3,(H,25,27). The monoisotopic (exact) mass is 442 g/mol. The second kappa shape index (κ2) is 9.61. The molecule has 2 N–H and O–H groups in total. The lowest BCUT2D eigenvalue weighted by Crippen LogP contribution is -2.23. The van der Waals surface area contributed by atoms with Crippen molar-refractivity contribution in [2.45, 2.75) is 31.4 Å². The number of hydrogen-bond donors (Lipinski definition) is 2. The van der Waals surface area contributed by atoms with Crippen molar-refractivity contribution < 1.29 is 22.3 Å². The number of nitrogens with one attached hydrogen (secondary N) is 2. The van der Waals surface area contributed by atoms with Crippen molar-refractivity contribution in [3.8, 4) is 5.75 Å². The van der Waals surface area contributed by atoms with Gasteiger partial charge in [0.05, 0.1) is 11.0 Å². The summed E-state index contributed by atoms with van der Waals surface area (Å²) in [5.74, 6) is -0.123. The van der Waals surface area contributed by atoms with E-state index in [9.17, 15) is 17.6 Å². The van der Waals surface area contributed by atoms with E-state index in [2.05, 4.69) is 10.0 Å². The molecule has 0 atom stereocenters. The fourth-order valence-corrected chi connectivity index (χ4v) is 3.88. The van der Waals surface area contributed by atoms with Crippen molar-refractivity contribution in [3.05, 3.63) is 89.7 Å². The molecule has 0 aliphatic rings. The number of halogens is 1. The molecular weight excluding hydrogens is 419 g/mol. The average molecular weight is 443 g/mol. The number of carbonyl (C=O) groups is 1. The van der Waals surface area contributed by atoms with Crippen molar-refractivity contribution in [2.75, 3.05) is 4.72 Å². The largest absolute Gasteiger partial charge is 0.491 e. The first-order valence-electron chi connectivity index (χ1n) is 9.65. The molecule has 162 valence electrons. The predicted molar refractivity (Wildman–Crippen MR) is 117 cm³/mol. The summed E-state index contributed by atoms with van der Waals surface area (Å²) in [4.78, 5) is 12.4. The molecule has 8 heteroatoms. The van der Waals surface area contributed by atoms with E-state index in [4.69, 9.17) is 4.74 Å². The molecule has 0 radical (unpaired) electrons. The highest BCUT2D eigenvalue weighted by Crippen LogP contribution is 2.18. The third-order valence-electron chi connectivity index (χ3n) is 4.25. The van der Waals surface area contributed by atoms with E-state index in [1.165, 1.54) is 36.4 Å². The van der Waals surface area contributed by atoms with Gasteiger partial charge >= 0.3 is 0 Å². The van der Waals surface area contributed by atoms with Crippen molar-refractivity contribution in [1.82, 2.24) is 5.32 Å². The van der Waals surface area contributed by atoms with E-state index in [0.717, 1.165) is 23.4 Å². The summed E-state index contributed by atoms with van der Waals surface area (Å²) in [5.41, 5.74) is 1.31. The van der Waals surface area contributed by atoms with Crippen LogP contribution in [-0.4, -0.2) is 20.4 Å². The third kappa shape index (κ3) is 6.29. The smallest absolute Gasteiger partial charge is 0.261 e. The SMILES string of the molecule is CC(C)Oc1ccc(CNC(=O)c2cccc(S(=O)(=O)Nc3ccc(F)cc3)c2)cc1. The van der Waals surface area contributed by atoms with Gasteiger partial charge in [0, 0.05) is 17.8 Å². The number of sulfonamides is 1. The summed E-state index contributed by atoms with van der Waals surface area (Å²) in [5, 5.41) is 2.77. The molecule has 6 nitrogen and oxygen atoms in total. The van der Waals surface area contributed by atoms with Crippen LogP contribution >= 0.6 is 0 Å². The van der Waals surface area contributed by atoms with Crippen LogP contribution in [0.1, 0.15) is 29.8 Å². The Kier molecular flexibility index (Phi) is 6.91. The minimum Gasteiger partial charge on any atom is -0.491 e. The molecule has 0 aromatic heterocycles. The lowest BCUT2D eigenvalue weighted by atomic mass is 10.2. The van der Waals surface area contributed by atoms with Gasteiger partial charge in [0.15, 0.2) is 0 Å². The molecule has 0 spiro atoms. The van der Waals surface area contributed by atoms with Gasteiger partial charge < -0.3 is 10.1 Å². The molecule has 0 saturated carbocycles. The summed E-state index contributed by atoms with van der Waals surface area (Å²) in [6, 6.07) is 18.0. The van der Waals surface area contributed by atoms with Crippen molar-refractivity contribution >= 4 is 21.6 Å². The Labute approximate surface area is 181 Å². The lowest BCUT2D eigenvalue weighted by molar-refractivity contribution is 0.0950. The summed E-state index contributed by atoms with van der Waals surface area (Å²) in [6.07, 6.45) is 0.0756. The molecule has 0 saturated heterocycles. The van der Waals surface area contributed by atoms with E-state index in [1.807, 2.05) is 38.1 Å². The zero-order chi connectivity index (χ0) is 22.4. The van der Waals surface area contributed by atoms with Crippen LogP contribution in [0.3, 0.4) is 0 Å². The maximum Gasteiger partial charge on any atom is 0.261 e. The van der Waals surface area contributed by atoms with Gasteiger partial charge in [-0.3, -0.25) is 9.52 Å². The minimum atomic E-state index is -3.93. The Morgan fingerprint density at radius 2 is 1.68 bits per heavy atom. The van der Waals surface area contributed by atoms with Crippen LogP contribution < -0.4 is 14.8 Å². The summed E-state index contributed by atoms with van der Waals surface area (Å²) in [6.45, 7) is 4.17. The summed E-state index contributed by atoms with van der Waals surface area (Å²) < 4.78 is 46.2. The molecule has 31 heavy (non-hydrogen) atoms. The molecule has 0 aliphatic heterocycles. The number of benzene rings is 3. The molecular formula is C23H23FN2O4S. The van der Waals surface area contributed by atoms with Gasteiger partial charge in [-0.05, 0) is 74.0 Å². The second-order valence-corrected chi connectivity index (χ2v) is 8.82. The first-order chi connectivity index (χ1) is 14.7.